The zero-order chi connectivity index (χ0) is 17.7. The summed E-state index contributed by atoms with van der Waals surface area (Å²) < 4.78 is 14.7. The molecule has 6 nitrogen and oxygen atoms in total. The SMILES string of the molecule is CCCCC(CN)NC(=O)c1nnn(-c2ccc(F)c(Cl)c2)c1C. The van der Waals surface area contributed by atoms with Gasteiger partial charge in [0.05, 0.1) is 16.4 Å². The summed E-state index contributed by atoms with van der Waals surface area (Å²) in [6.07, 6.45) is 2.84. The van der Waals surface area contributed by atoms with E-state index in [2.05, 4.69) is 22.6 Å². The van der Waals surface area contributed by atoms with Crippen LogP contribution in [-0.4, -0.2) is 33.5 Å². The van der Waals surface area contributed by atoms with Crippen LogP contribution in [0.5, 0.6) is 0 Å². The number of benzene rings is 1. The Morgan fingerprint density at radius 1 is 1.50 bits per heavy atom. The van der Waals surface area contributed by atoms with Crippen molar-refractivity contribution in [1.29, 1.82) is 0 Å². The van der Waals surface area contributed by atoms with Crippen LogP contribution in [0.3, 0.4) is 0 Å². The van der Waals surface area contributed by atoms with Crippen molar-refractivity contribution in [2.45, 2.75) is 39.2 Å². The summed E-state index contributed by atoms with van der Waals surface area (Å²) in [5.41, 5.74) is 6.99. The molecule has 1 heterocycles. The van der Waals surface area contributed by atoms with Crippen molar-refractivity contribution < 1.29 is 9.18 Å². The van der Waals surface area contributed by atoms with Crippen LogP contribution in [0.1, 0.15) is 42.4 Å². The molecule has 130 valence electrons. The quantitative estimate of drug-likeness (QED) is 0.801. The Kier molecular flexibility index (Phi) is 6.28. The number of hydrogen-bond acceptors (Lipinski definition) is 4. The van der Waals surface area contributed by atoms with Gasteiger partial charge in [0.1, 0.15) is 5.82 Å². The third-order valence-corrected chi connectivity index (χ3v) is 4.07. The number of nitrogens with zero attached hydrogens (tertiary/aromatic N) is 3. The second-order valence-corrected chi connectivity index (χ2v) is 5.99. The van der Waals surface area contributed by atoms with Gasteiger partial charge in [0.2, 0.25) is 0 Å². The maximum Gasteiger partial charge on any atom is 0.274 e. The molecule has 3 N–H and O–H groups in total. The number of unbranched alkanes of at least 4 members (excludes halogenated alkanes) is 1. The van der Waals surface area contributed by atoms with Crippen molar-refractivity contribution in [1.82, 2.24) is 20.3 Å². The largest absolute Gasteiger partial charge is 0.347 e. The van der Waals surface area contributed by atoms with Gasteiger partial charge in [-0.2, -0.15) is 0 Å². The van der Waals surface area contributed by atoms with E-state index in [1.54, 1.807) is 6.92 Å². The van der Waals surface area contributed by atoms with Crippen molar-refractivity contribution in [3.63, 3.8) is 0 Å². The normalized spacial score (nSPS) is 12.2. The van der Waals surface area contributed by atoms with Crippen LogP contribution < -0.4 is 11.1 Å². The summed E-state index contributed by atoms with van der Waals surface area (Å²) in [6, 6.07) is 4.11. The predicted octanol–water partition coefficient (Wildman–Crippen LogP) is 2.62. The van der Waals surface area contributed by atoms with E-state index in [1.807, 2.05) is 0 Å². The lowest BCUT2D eigenvalue weighted by atomic mass is 10.1. The molecule has 2 rings (SSSR count). The van der Waals surface area contributed by atoms with Crippen LogP contribution in [0.25, 0.3) is 5.69 Å². The van der Waals surface area contributed by atoms with E-state index in [9.17, 15) is 9.18 Å². The maximum absolute atomic E-state index is 13.3. The Bertz CT molecular complexity index is 718. The maximum atomic E-state index is 13.3. The summed E-state index contributed by atoms with van der Waals surface area (Å²) in [7, 11) is 0. The van der Waals surface area contributed by atoms with E-state index < -0.39 is 5.82 Å². The Morgan fingerprint density at radius 3 is 2.88 bits per heavy atom. The average Bonchev–Trinajstić information content (AvgIpc) is 2.95. The molecule has 0 aliphatic heterocycles. The molecule has 8 heteroatoms. The van der Waals surface area contributed by atoms with Crippen molar-refractivity contribution in [3.05, 3.63) is 40.4 Å². The van der Waals surface area contributed by atoms with Gasteiger partial charge < -0.3 is 11.1 Å². The van der Waals surface area contributed by atoms with Gasteiger partial charge in [-0.05, 0) is 31.5 Å². The average molecular weight is 354 g/mol. The lowest BCUT2D eigenvalue weighted by Crippen LogP contribution is -2.40. The molecule has 1 aromatic carbocycles. The van der Waals surface area contributed by atoms with E-state index in [-0.39, 0.29) is 22.7 Å². The van der Waals surface area contributed by atoms with Gasteiger partial charge in [0, 0.05) is 12.6 Å². The van der Waals surface area contributed by atoms with Gasteiger partial charge in [-0.3, -0.25) is 4.79 Å². The van der Waals surface area contributed by atoms with Crippen LogP contribution in [0.15, 0.2) is 18.2 Å². The molecule has 1 aromatic heterocycles. The number of carbonyl (C=O) groups excluding carboxylic acids is 1. The lowest BCUT2D eigenvalue weighted by molar-refractivity contribution is 0.0930. The third-order valence-electron chi connectivity index (χ3n) is 3.78. The minimum atomic E-state index is -0.516. The predicted molar refractivity (Wildman–Crippen MR) is 90.9 cm³/mol. The first-order chi connectivity index (χ1) is 11.5. The molecule has 0 saturated carbocycles. The van der Waals surface area contributed by atoms with Crippen LogP contribution in [0.2, 0.25) is 5.02 Å². The highest BCUT2D eigenvalue weighted by molar-refractivity contribution is 6.30. The molecule has 0 aliphatic carbocycles. The highest BCUT2D eigenvalue weighted by atomic mass is 35.5. The fourth-order valence-electron chi connectivity index (χ4n) is 2.35. The topological polar surface area (TPSA) is 85.8 Å². The fourth-order valence-corrected chi connectivity index (χ4v) is 2.53. The number of halogens is 2. The number of amides is 1. The van der Waals surface area contributed by atoms with E-state index in [4.69, 9.17) is 17.3 Å². The first-order valence-corrected chi connectivity index (χ1v) is 8.24. The third kappa shape index (κ3) is 4.10. The van der Waals surface area contributed by atoms with Crippen molar-refractivity contribution in [2.24, 2.45) is 5.73 Å². The summed E-state index contributed by atoms with van der Waals surface area (Å²) in [4.78, 5) is 12.4. The highest BCUT2D eigenvalue weighted by Gasteiger charge is 2.20. The Labute approximate surface area is 145 Å². The van der Waals surface area contributed by atoms with Crippen molar-refractivity contribution in [2.75, 3.05) is 6.54 Å². The van der Waals surface area contributed by atoms with Gasteiger partial charge in [0.25, 0.3) is 5.91 Å². The van der Waals surface area contributed by atoms with Crippen molar-refractivity contribution >= 4 is 17.5 Å². The summed E-state index contributed by atoms with van der Waals surface area (Å²) >= 11 is 5.79. The second kappa shape index (κ2) is 8.21. The molecular weight excluding hydrogens is 333 g/mol. The molecule has 1 unspecified atom stereocenters. The Morgan fingerprint density at radius 2 is 2.25 bits per heavy atom. The van der Waals surface area contributed by atoms with Crippen molar-refractivity contribution in [3.8, 4) is 5.69 Å². The van der Waals surface area contributed by atoms with Gasteiger partial charge in [0.15, 0.2) is 5.69 Å². The second-order valence-electron chi connectivity index (χ2n) is 5.58. The standard InChI is InChI=1S/C16H21ClFN5O/c1-3-4-5-11(9-19)20-16(24)15-10(2)23(22-21-15)12-6-7-14(18)13(17)8-12/h6-8,11H,3-5,9,19H2,1-2H3,(H,20,24). The van der Waals surface area contributed by atoms with Crippen LogP contribution in [-0.2, 0) is 0 Å². The van der Waals surface area contributed by atoms with Gasteiger partial charge in [-0.1, -0.05) is 36.6 Å². The smallest absolute Gasteiger partial charge is 0.274 e. The van der Waals surface area contributed by atoms with Gasteiger partial charge >= 0.3 is 0 Å². The monoisotopic (exact) mass is 353 g/mol. The number of rotatable bonds is 7. The van der Waals surface area contributed by atoms with Crippen LogP contribution in [0.4, 0.5) is 4.39 Å². The molecule has 0 aliphatic rings. The number of nitrogens with two attached hydrogens (primary N) is 1. The first-order valence-electron chi connectivity index (χ1n) is 7.86. The van der Waals surface area contributed by atoms with E-state index >= 15 is 0 Å². The van der Waals surface area contributed by atoms with Crippen LogP contribution in [0, 0.1) is 12.7 Å². The summed E-state index contributed by atoms with van der Waals surface area (Å²) in [5, 5.41) is 10.8. The van der Waals surface area contributed by atoms with Gasteiger partial charge in [-0.25, -0.2) is 9.07 Å². The molecule has 1 atom stereocenters. The number of hydrogen-bond donors (Lipinski definition) is 2. The molecular formula is C16H21ClFN5O. The van der Waals surface area contributed by atoms with E-state index in [1.165, 1.54) is 22.9 Å². The molecule has 1 amide bonds. The highest BCUT2D eigenvalue weighted by Crippen LogP contribution is 2.20. The molecule has 0 fully saturated rings. The Balaban J connectivity index is 2.19. The number of carbonyl (C=O) groups is 1. The van der Waals surface area contributed by atoms with Crippen LogP contribution >= 0.6 is 11.6 Å². The molecule has 2 aromatic rings. The van der Waals surface area contributed by atoms with Gasteiger partial charge in [-0.15, -0.1) is 5.10 Å². The molecule has 0 saturated heterocycles. The van der Waals surface area contributed by atoms with E-state index in [0.717, 1.165) is 19.3 Å². The zero-order valence-corrected chi connectivity index (χ0v) is 14.5. The molecule has 0 radical (unpaired) electrons. The lowest BCUT2D eigenvalue weighted by Gasteiger charge is -2.15. The Hall–Kier alpha value is -1.99. The number of aromatic nitrogens is 3. The molecule has 0 spiro atoms. The minimum Gasteiger partial charge on any atom is -0.347 e. The summed E-state index contributed by atoms with van der Waals surface area (Å²) in [5.74, 6) is -0.837. The fraction of sp³-hybridized carbons (Fsp3) is 0.438. The minimum absolute atomic E-state index is 0.0174. The summed E-state index contributed by atoms with van der Waals surface area (Å²) in [6.45, 7) is 4.17. The first kappa shape index (κ1) is 18.4. The number of nitrogens with one attached hydrogen (secondary N) is 1. The van der Waals surface area contributed by atoms with E-state index in [0.29, 0.717) is 17.9 Å². The molecule has 24 heavy (non-hydrogen) atoms. The zero-order valence-electron chi connectivity index (χ0n) is 13.7. The molecule has 0 bridgehead atoms.